The number of aryl methyl sites for hydroxylation is 1. The predicted octanol–water partition coefficient (Wildman–Crippen LogP) is 2.17. The van der Waals surface area contributed by atoms with E-state index in [0.29, 0.717) is 27.8 Å². The van der Waals surface area contributed by atoms with Gasteiger partial charge in [-0.25, -0.2) is 23.5 Å². The number of primary sulfonamides is 1. The van der Waals surface area contributed by atoms with Gasteiger partial charge in [0.2, 0.25) is 10.0 Å². The lowest BCUT2D eigenvalue weighted by molar-refractivity contribution is 0.600. The van der Waals surface area contributed by atoms with Crippen molar-refractivity contribution in [1.82, 2.24) is 20.2 Å². The summed E-state index contributed by atoms with van der Waals surface area (Å²) in [5, 5.41) is 12.2. The highest BCUT2D eigenvalue weighted by Gasteiger charge is 2.34. The first-order valence-corrected chi connectivity index (χ1v) is 10.5. The third kappa shape index (κ3) is 3.32. The van der Waals surface area contributed by atoms with E-state index in [1.54, 1.807) is 12.3 Å². The Bertz CT molecular complexity index is 1140. The lowest BCUT2D eigenvalue weighted by Gasteiger charge is -2.23. The molecule has 0 atom stereocenters. The minimum absolute atomic E-state index is 0.0638. The molecule has 4 rings (SSSR count). The quantitative estimate of drug-likeness (QED) is 0.634. The fourth-order valence-corrected chi connectivity index (χ4v) is 4.47. The van der Waals surface area contributed by atoms with Crippen molar-refractivity contribution < 1.29 is 8.42 Å². The largest absolute Gasteiger partial charge is 0.307 e. The van der Waals surface area contributed by atoms with E-state index in [-0.39, 0.29) is 10.3 Å². The summed E-state index contributed by atoms with van der Waals surface area (Å²) in [7, 11) is -3.77. The molecule has 3 aromatic heterocycles. The van der Waals surface area contributed by atoms with Crippen LogP contribution >= 0.6 is 11.3 Å². The highest BCUT2D eigenvalue weighted by atomic mass is 32.2. The van der Waals surface area contributed by atoms with Crippen molar-refractivity contribution in [3.63, 3.8) is 0 Å². The average molecular weight is 400 g/mol. The van der Waals surface area contributed by atoms with Crippen LogP contribution < -0.4 is 10.0 Å². The molecule has 1 saturated carbocycles. The molecule has 0 unspecified atom stereocenters. The standard InChI is InChI=1S/C17H16N6O2S2/c1-3-12-10(2)20-16(13-6-7-15(26-13)27(18,24)25)21-17(12)23(11-4-5-11)14-8-9-19-22-14/h1,6-9,11H,4-5H2,2H3,(H,19,22)(H2,18,24,25). The molecular formula is C17H16N6O2S2. The second kappa shape index (κ2) is 6.45. The molecule has 0 saturated heterocycles. The molecule has 0 amide bonds. The Morgan fingerprint density at radius 3 is 2.67 bits per heavy atom. The number of hydrogen-bond donors (Lipinski definition) is 2. The van der Waals surface area contributed by atoms with Crippen LogP contribution in [0.3, 0.4) is 0 Å². The van der Waals surface area contributed by atoms with Crippen molar-refractivity contribution in [1.29, 1.82) is 0 Å². The van der Waals surface area contributed by atoms with Gasteiger partial charge in [-0.3, -0.25) is 5.10 Å². The number of anilines is 2. The van der Waals surface area contributed by atoms with Gasteiger partial charge in [0, 0.05) is 12.1 Å². The molecule has 1 fully saturated rings. The first-order chi connectivity index (χ1) is 12.9. The number of sulfonamides is 1. The molecule has 3 N–H and O–H groups in total. The average Bonchev–Trinajstić information content (AvgIpc) is 3.10. The van der Waals surface area contributed by atoms with Gasteiger partial charge in [-0.1, -0.05) is 5.92 Å². The highest BCUT2D eigenvalue weighted by molar-refractivity contribution is 7.91. The van der Waals surface area contributed by atoms with Crippen LogP contribution in [0.25, 0.3) is 10.7 Å². The molecule has 1 aliphatic carbocycles. The van der Waals surface area contributed by atoms with E-state index < -0.39 is 10.0 Å². The Morgan fingerprint density at radius 2 is 2.11 bits per heavy atom. The van der Waals surface area contributed by atoms with Gasteiger partial charge in [-0.05, 0) is 31.9 Å². The summed E-state index contributed by atoms with van der Waals surface area (Å²) in [5.74, 6) is 4.50. The summed E-state index contributed by atoms with van der Waals surface area (Å²) in [4.78, 5) is 11.8. The lowest BCUT2D eigenvalue weighted by atomic mass is 10.2. The topological polar surface area (TPSA) is 118 Å². The summed E-state index contributed by atoms with van der Waals surface area (Å²) in [6, 6.07) is 5.25. The van der Waals surface area contributed by atoms with Crippen LogP contribution in [-0.2, 0) is 10.0 Å². The van der Waals surface area contributed by atoms with Crippen LogP contribution in [-0.4, -0.2) is 34.6 Å². The van der Waals surface area contributed by atoms with Crippen molar-refractivity contribution in [3.8, 4) is 23.0 Å². The fraction of sp³-hybridized carbons (Fsp3) is 0.235. The minimum Gasteiger partial charge on any atom is -0.307 e. The maximum absolute atomic E-state index is 11.6. The predicted molar refractivity (Wildman–Crippen MR) is 103 cm³/mol. The summed E-state index contributed by atoms with van der Waals surface area (Å²) < 4.78 is 23.2. The molecule has 1 aliphatic rings. The van der Waals surface area contributed by atoms with E-state index in [0.717, 1.165) is 30.0 Å². The molecule has 27 heavy (non-hydrogen) atoms. The van der Waals surface area contributed by atoms with Crippen molar-refractivity contribution in [2.45, 2.75) is 30.0 Å². The first kappa shape index (κ1) is 17.7. The number of terminal acetylenes is 1. The SMILES string of the molecule is C#Cc1c(C)nc(-c2ccc(S(N)(=O)=O)s2)nc1N(c1ccn[nH]1)C1CC1. The summed E-state index contributed by atoms with van der Waals surface area (Å²) >= 11 is 1.03. The molecule has 3 heterocycles. The number of thiophene rings is 1. The Kier molecular flexibility index (Phi) is 4.22. The first-order valence-electron chi connectivity index (χ1n) is 8.15. The number of nitrogens with two attached hydrogens (primary N) is 1. The maximum Gasteiger partial charge on any atom is 0.247 e. The van der Waals surface area contributed by atoms with Gasteiger partial charge in [-0.15, -0.1) is 17.8 Å². The van der Waals surface area contributed by atoms with Gasteiger partial charge in [0.1, 0.15) is 10.0 Å². The molecule has 3 aromatic rings. The monoisotopic (exact) mass is 400 g/mol. The number of aromatic nitrogens is 4. The Morgan fingerprint density at radius 1 is 1.33 bits per heavy atom. The number of hydrogen-bond acceptors (Lipinski definition) is 7. The Hall–Kier alpha value is -2.74. The van der Waals surface area contributed by atoms with Gasteiger partial charge < -0.3 is 4.90 Å². The molecule has 0 aromatic carbocycles. The zero-order valence-electron chi connectivity index (χ0n) is 14.4. The van der Waals surface area contributed by atoms with Gasteiger partial charge in [0.05, 0.1) is 22.3 Å². The van der Waals surface area contributed by atoms with Crippen molar-refractivity contribution in [2.24, 2.45) is 5.14 Å². The van der Waals surface area contributed by atoms with Gasteiger partial charge in [0.25, 0.3) is 0 Å². The van der Waals surface area contributed by atoms with Gasteiger partial charge >= 0.3 is 0 Å². The summed E-state index contributed by atoms with van der Waals surface area (Å²) in [6.07, 6.45) is 9.46. The van der Waals surface area contributed by atoms with Crippen molar-refractivity contribution in [2.75, 3.05) is 4.90 Å². The summed E-state index contributed by atoms with van der Waals surface area (Å²) in [6.45, 7) is 1.82. The number of nitrogens with zero attached hydrogens (tertiary/aromatic N) is 4. The molecule has 0 bridgehead atoms. The molecule has 138 valence electrons. The second-order valence-electron chi connectivity index (χ2n) is 6.18. The lowest BCUT2D eigenvalue weighted by Crippen LogP contribution is -2.23. The van der Waals surface area contributed by atoms with E-state index in [1.165, 1.54) is 6.07 Å². The highest BCUT2D eigenvalue weighted by Crippen LogP contribution is 2.39. The third-order valence-electron chi connectivity index (χ3n) is 4.18. The maximum atomic E-state index is 11.6. The van der Waals surface area contributed by atoms with E-state index >= 15 is 0 Å². The van der Waals surface area contributed by atoms with Crippen LogP contribution in [0.5, 0.6) is 0 Å². The van der Waals surface area contributed by atoms with E-state index in [9.17, 15) is 8.42 Å². The molecular weight excluding hydrogens is 384 g/mol. The molecule has 8 nitrogen and oxygen atoms in total. The second-order valence-corrected chi connectivity index (χ2v) is 9.05. The van der Waals surface area contributed by atoms with Gasteiger partial charge in [0.15, 0.2) is 11.6 Å². The zero-order valence-corrected chi connectivity index (χ0v) is 16.0. The molecule has 10 heteroatoms. The number of H-pyrrole nitrogens is 1. The molecule has 0 radical (unpaired) electrons. The van der Waals surface area contributed by atoms with Crippen LogP contribution in [0, 0.1) is 19.3 Å². The number of rotatable bonds is 5. The van der Waals surface area contributed by atoms with Crippen LogP contribution in [0.1, 0.15) is 24.1 Å². The van der Waals surface area contributed by atoms with Crippen molar-refractivity contribution >= 4 is 33.0 Å². The van der Waals surface area contributed by atoms with Crippen LogP contribution in [0.4, 0.5) is 11.6 Å². The smallest absolute Gasteiger partial charge is 0.247 e. The van der Waals surface area contributed by atoms with Crippen LogP contribution in [0.15, 0.2) is 28.6 Å². The van der Waals surface area contributed by atoms with Crippen molar-refractivity contribution in [3.05, 3.63) is 35.7 Å². The molecule has 0 aliphatic heterocycles. The third-order valence-corrected chi connectivity index (χ3v) is 6.70. The zero-order chi connectivity index (χ0) is 19.2. The van der Waals surface area contributed by atoms with Crippen LogP contribution in [0.2, 0.25) is 0 Å². The van der Waals surface area contributed by atoms with E-state index in [1.807, 2.05) is 17.9 Å². The van der Waals surface area contributed by atoms with Gasteiger partial charge in [-0.2, -0.15) is 5.10 Å². The normalized spacial score (nSPS) is 14.1. The number of nitrogens with one attached hydrogen (secondary N) is 1. The Balaban J connectivity index is 1.87. The fourth-order valence-electron chi connectivity index (χ4n) is 2.80. The van der Waals surface area contributed by atoms with E-state index in [4.69, 9.17) is 11.6 Å². The molecule has 0 spiro atoms. The number of aromatic amines is 1. The summed E-state index contributed by atoms with van der Waals surface area (Å²) in [5.41, 5.74) is 1.25. The van der Waals surface area contributed by atoms with E-state index in [2.05, 4.69) is 26.1 Å². The Labute approximate surface area is 160 Å². The minimum atomic E-state index is -3.77.